The molecule has 0 aliphatic rings. The molecule has 0 spiro atoms. The fourth-order valence-electron chi connectivity index (χ4n) is 5.85. The summed E-state index contributed by atoms with van der Waals surface area (Å²) in [6, 6.07) is 6.91. The average molecular weight is 841 g/mol. The van der Waals surface area contributed by atoms with Gasteiger partial charge in [-0.1, -0.05) is 30.3 Å². The molecule has 0 heterocycles. The predicted molar refractivity (Wildman–Crippen MR) is 219 cm³/mol. The standard InChI is InChI=1S/C39H56N10O11/c1-23-8-3-4-9-26(23)48-39(60)44-25-14-12-24(13-15-25)22-31(50)49(2)30(11-5-6-21-43-38(42)59)37(58)47-29(17-19-33(53)54)36(57)46-28(16-18-32(51)52)35(56)45-27(34(41)55)10-7-20-40/h3-4,8-9,12-15,27-30H,5-7,10-11,16-22,40H2,1-2H3,(H2,41,55)(H,45,56)(H,46,57)(H,47,58)(H,51,52)(H,53,54)(H3,42,43,59)(H2,44,48,60)/t27-,28-,29-,30-/m0/s1. The van der Waals surface area contributed by atoms with E-state index in [0.717, 1.165) is 5.56 Å². The fourth-order valence-corrected chi connectivity index (χ4v) is 5.85. The number of unbranched alkanes of at least 4 members (excludes halogenated alkanes) is 1. The third-order valence-corrected chi connectivity index (χ3v) is 9.24. The minimum atomic E-state index is -1.58. The molecule has 0 aromatic heterocycles. The molecular weight excluding hydrogens is 784 g/mol. The zero-order valence-corrected chi connectivity index (χ0v) is 33.7. The van der Waals surface area contributed by atoms with Crippen LogP contribution in [0, 0.1) is 6.92 Å². The molecule has 9 amide bonds. The molecule has 21 nitrogen and oxygen atoms in total. The summed E-state index contributed by atoms with van der Waals surface area (Å²) in [5.41, 5.74) is 18.5. The van der Waals surface area contributed by atoms with Crippen LogP contribution in [0.15, 0.2) is 48.5 Å². The molecule has 2 aromatic carbocycles. The zero-order chi connectivity index (χ0) is 44.8. The lowest BCUT2D eigenvalue weighted by molar-refractivity contribution is -0.141. The second kappa shape index (κ2) is 25.6. The number of para-hydroxylation sites is 1. The van der Waals surface area contributed by atoms with Crippen molar-refractivity contribution in [2.24, 2.45) is 17.2 Å². The first-order chi connectivity index (χ1) is 28.4. The molecule has 0 radical (unpaired) electrons. The van der Waals surface area contributed by atoms with Gasteiger partial charge in [0.2, 0.25) is 29.5 Å². The summed E-state index contributed by atoms with van der Waals surface area (Å²) in [7, 11) is 1.37. The number of likely N-dealkylation sites (N-methyl/N-ethyl adjacent to an activating group) is 1. The Morgan fingerprint density at radius 3 is 1.78 bits per heavy atom. The van der Waals surface area contributed by atoms with Crippen LogP contribution in [0.4, 0.5) is 21.0 Å². The van der Waals surface area contributed by atoms with Crippen LogP contribution in [0.2, 0.25) is 0 Å². The van der Waals surface area contributed by atoms with Crippen molar-refractivity contribution in [2.75, 3.05) is 30.8 Å². The van der Waals surface area contributed by atoms with E-state index in [1.807, 2.05) is 19.1 Å². The highest BCUT2D eigenvalue weighted by molar-refractivity contribution is 6.00. The summed E-state index contributed by atoms with van der Waals surface area (Å²) >= 11 is 0. The maximum Gasteiger partial charge on any atom is 0.323 e. The molecule has 0 unspecified atom stereocenters. The number of primary amides is 2. The molecule has 0 saturated carbocycles. The minimum absolute atomic E-state index is 0.0294. The number of amides is 9. The molecule has 21 heteroatoms. The van der Waals surface area contributed by atoms with Gasteiger partial charge in [0.25, 0.3) is 0 Å². The highest BCUT2D eigenvalue weighted by Gasteiger charge is 2.33. The summed E-state index contributed by atoms with van der Waals surface area (Å²) < 4.78 is 0. The lowest BCUT2D eigenvalue weighted by Crippen LogP contribution is -2.58. The van der Waals surface area contributed by atoms with Crippen LogP contribution in [0.3, 0.4) is 0 Å². The Kier molecular flexibility index (Phi) is 21.0. The average Bonchev–Trinajstić information content (AvgIpc) is 3.18. The SMILES string of the molecule is Cc1ccccc1NC(=O)Nc1ccc(CC(=O)N(C)[C@@H](CCCCNC(N)=O)C(=O)N[C@@H](CCC(=O)O)C(=O)N[C@@H](CCC(=O)O)C(=O)N[C@@H](CCCN)C(N)=O)cc1. The topological polar surface area (TPSA) is 348 Å². The van der Waals surface area contributed by atoms with Crippen molar-refractivity contribution >= 4 is 64.9 Å². The van der Waals surface area contributed by atoms with Gasteiger partial charge in [-0.15, -0.1) is 0 Å². The normalized spacial score (nSPS) is 12.7. The van der Waals surface area contributed by atoms with E-state index in [9.17, 15) is 53.4 Å². The summed E-state index contributed by atoms with van der Waals surface area (Å²) in [6.45, 7) is 2.19. The van der Waals surface area contributed by atoms with Crippen LogP contribution in [0.25, 0.3) is 0 Å². The lowest BCUT2D eigenvalue weighted by atomic mass is 10.0. The number of carboxylic acid groups (broad SMARTS) is 2. The molecule has 2 rings (SSSR count). The molecule has 0 bridgehead atoms. The summed E-state index contributed by atoms with van der Waals surface area (Å²) in [4.78, 5) is 114. The number of anilines is 2. The van der Waals surface area contributed by atoms with Gasteiger partial charge < -0.3 is 64.2 Å². The Balaban J connectivity index is 2.28. The molecule has 0 aliphatic heterocycles. The third-order valence-electron chi connectivity index (χ3n) is 9.24. The first-order valence-electron chi connectivity index (χ1n) is 19.3. The van der Waals surface area contributed by atoms with Gasteiger partial charge in [-0.2, -0.15) is 0 Å². The fraction of sp³-hybridized carbons (Fsp3) is 0.462. The van der Waals surface area contributed by atoms with Crippen molar-refractivity contribution in [3.63, 3.8) is 0 Å². The van der Waals surface area contributed by atoms with Gasteiger partial charge in [-0.25, -0.2) is 9.59 Å². The zero-order valence-electron chi connectivity index (χ0n) is 33.7. The molecule has 4 atom stereocenters. The first kappa shape index (κ1) is 49.4. The van der Waals surface area contributed by atoms with Crippen molar-refractivity contribution in [2.45, 2.75) is 95.3 Å². The predicted octanol–water partition coefficient (Wildman–Crippen LogP) is 0.255. The van der Waals surface area contributed by atoms with Gasteiger partial charge in [0.15, 0.2) is 0 Å². The number of aliphatic carboxylic acids is 2. The second-order valence-electron chi connectivity index (χ2n) is 14.0. The molecule has 0 saturated heterocycles. The van der Waals surface area contributed by atoms with Crippen LogP contribution >= 0.6 is 0 Å². The highest BCUT2D eigenvalue weighted by Crippen LogP contribution is 2.17. The lowest BCUT2D eigenvalue weighted by Gasteiger charge is -2.30. The number of rotatable bonds is 26. The van der Waals surface area contributed by atoms with Crippen molar-refractivity contribution in [3.05, 3.63) is 59.7 Å². The van der Waals surface area contributed by atoms with Crippen LogP contribution in [0.5, 0.6) is 0 Å². The number of nitrogens with zero attached hydrogens (tertiary/aromatic N) is 1. The molecule has 0 aliphatic carbocycles. The van der Waals surface area contributed by atoms with Gasteiger partial charge in [0, 0.05) is 37.8 Å². The summed E-state index contributed by atoms with van der Waals surface area (Å²) in [6.07, 6.45) is -1.24. The van der Waals surface area contributed by atoms with E-state index in [0.29, 0.717) is 29.8 Å². The van der Waals surface area contributed by atoms with Gasteiger partial charge in [0.1, 0.15) is 24.2 Å². The van der Waals surface area contributed by atoms with E-state index in [1.54, 1.807) is 36.4 Å². The van der Waals surface area contributed by atoms with Gasteiger partial charge in [0.05, 0.1) is 6.42 Å². The van der Waals surface area contributed by atoms with Crippen LogP contribution < -0.4 is 49.1 Å². The van der Waals surface area contributed by atoms with Crippen LogP contribution in [0.1, 0.15) is 68.9 Å². The van der Waals surface area contributed by atoms with Crippen molar-refractivity contribution in [1.29, 1.82) is 0 Å². The van der Waals surface area contributed by atoms with E-state index < -0.39 is 103 Å². The van der Waals surface area contributed by atoms with Gasteiger partial charge in [-0.3, -0.25) is 33.6 Å². The summed E-state index contributed by atoms with van der Waals surface area (Å²) in [5.74, 6) is -6.86. The molecule has 2 aromatic rings. The Bertz CT molecular complexity index is 1830. The van der Waals surface area contributed by atoms with E-state index in [2.05, 4.69) is 31.9 Å². The van der Waals surface area contributed by atoms with Crippen molar-refractivity contribution in [3.8, 4) is 0 Å². The second-order valence-corrected chi connectivity index (χ2v) is 14.0. The number of carbonyl (C=O) groups excluding carboxylic acids is 7. The smallest absolute Gasteiger partial charge is 0.323 e. The molecular formula is C39H56N10O11. The number of nitrogens with two attached hydrogens (primary N) is 3. The monoisotopic (exact) mass is 840 g/mol. The third kappa shape index (κ3) is 18.2. The van der Waals surface area contributed by atoms with Crippen molar-refractivity contribution in [1.82, 2.24) is 26.2 Å². The molecule has 328 valence electrons. The van der Waals surface area contributed by atoms with Crippen LogP contribution in [-0.2, 0) is 40.0 Å². The number of benzene rings is 2. The Morgan fingerprint density at radius 2 is 1.25 bits per heavy atom. The Hall–Kier alpha value is -6.77. The maximum absolute atomic E-state index is 13.9. The molecule has 14 N–H and O–H groups in total. The van der Waals surface area contributed by atoms with E-state index in [1.165, 1.54) is 11.9 Å². The number of urea groups is 2. The number of carboxylic acids is 2. The summed E-state index contributed by atoms with van der Waals surface area (Å²) in [5, 5.41) is 33.8. The minimum Gasteiger partial charge on any atom is -0.481 e. The van der Waals surface area contributed by atoms with Gasteiger partial charge in [-0.05, 0) is 87.7 Å². The maximum atomic E-state index is 13.9. The Labute approximate surface area is 346 Å². The van der Waals surface area contributed by atoms with Crippen molar-refractivity contribution < 1.29 is 53.4 Å². The van der Waals surface area contributed by atoms with Gasteiger partial charge >= 0.3 is 24.0 Å². The largest absolute Gasteiger partial charge is 0.481 e. The van der Waals surface area contributed by atoms with Crippen LogP contribution in [-0.4, -0.2) is 113 Å². The van der Waals surface area contributed by atoms with E-state index in [-0.39, 0.29) is 38.8 Å². The number of nitrogens with one attached hydrogen (secondary N) is 6. The highest BCUT2D eigenvalue weighted by atomic mass is 16.4. The first-order valence-corrected chi connectivity index (χ1v) is 19.3. The Morgan fingerprint density at radius 1 is 0.683 bits per heavy atom. The number of hydrogen-bond donors (Lipinski definition) is 11. The molecule has 60 heavy (non-hydrogen) atoms. The quantitative estimate of drug-likeness (QED) is 0.0568. The molecule has 0 fully saturated rings. The number of aryl methyl sites for hydroxylation is 1. The number of carbonyl (C=O) groups is 9. The van der Waals surface area contributed by atoms with E-state index >= 15 is 0 Å². The number of hydrogen-bond acceptors (Lipinski definition) is 10. The van der Waals surface area contributed by atoms with E-state index in [4.69, 9.17) is 17.2 Å².